The molecule has 1 N–H and O–H groups in total. The standard InChI is InChI=1S/C15H21NO3/c1-16-9-3-6-14(11-16)19-13-5-2-4-12(10-13)7-8-15(17)18/h2,4-5,10,14H,3,6-9,11H2,1H3,(H,17,18). The lowest BCUT2D eigenvalue weighted by atomic mass is 10.1. The molecule has 1 heterocycles. The van der Waals surface area contributed by atoms with Gasteiger partial charge in [-0.05, 0) is 50.6 Å². The molecule has 1 atom stereocenters. The summed E-state index contributed by atoms with van der Waals surface area (Å²) in [7, 11) is 2.11. The van der Waals surface area contributed by atoms with Gasteiger partial charge in [-0.15, -0.1) is 0 Å². The second-order valence-corrected chi connectivity index (χ2v) is 5.19. The Balaban J connectivity index is 1.92. The Morgan fingerprint density at radius 2 is 2.37 bits per heavy atom. The molecule has 19 heavy (non-hydrogen) atoms. The van der Waals surface area contributed by atoms with Crippen molar-refractivity contribution in [3.05, 3.63) is 29.8 Å². The van der Waals surface area contributed by atoms with Gasteiger partial charge in [-0.1, -0.05) is 12.1 Å². The molecule has 1 aliphatic rings. The van der Waals surface area contributed by atoms with E-state index >= 15 is 0 Å². The van der Waals surface area contributed by atoms with Gasteiger partial charge in [0.15, 0.2) is 0 Å². The summed E-state index contributed by atoms with van der Waals surface area (Å²) in [6.45, 7) is 2.10. The second-order valence-electron chi connectivity index (χ2n) is 5.19. The van der Waals surface area contributed by atoms with E-state index in [1.807, 2.05) is 24.3 Å². The summed E-state index contributed by atoms with van der Waals surface area (Å²) in [5.74, 6) is 0.0865. The Morgan fingerprint density at radius 1 is 1.53 bits per heavy atom. The third kappa shape index (κ3) is 4.56. The SMILES string of the molecule is CN1CCCC(Oc2cccc(CCC(=O)O)c2)C1. The maximum atomic E-state index is 10.6. The first-order chi connectivity index (χ1) is 9.13. The Bertz CT molecular complexity index is 433. The Morgan fingerprint density at radius 3 is 3.11 bits per heavy atom. The molecule has 2 rings (SSSR count). The van der Waals surface area contributed by atoms with Crippen molar-refractivity contribution in [2.24, 2.45) is 0 Å². The largest absolute Gasteiger partial charge is 0.489 e. The van der Waals surface area contributed by atoms with E-state index in [1.165, 1.54) is 6.42 Å². The molecule has 0 bridgehead atoms. The van der Waals surface area contributed by atoms with Gasteiger partial charge in [0.25, 0.3) is 0 Å². The molecule has 0 saturated carbocycles. The minimum Gasteiger partial charge on any atom is -0.489 e. The van der Waals surface area contributed by atoms with Crippen molar-refractivity contribution in [2.45, 2.75) is 31.8 Å². The minimum atomic E-state index is -0.764. The van der Waals surface area contributed by atoms with E-state index in [9.17, 15) is 4.79 Å². The van der Waals surface area contributed by atoms with Gasteiger partial charge in [-0.2, -0.15) is 0 Å². The molecule has 0 aromatic heterocycles. The summed E-state index contributed by atoms with van der Waals surface area (Å²) < 4.78 is 5.98. The number of nitrogens with zero attached hydrogens (tertiary/aromatic N) is 1. The molecule has 4 heteroatoms. The summed E-state index contributed by atoms with van der Waals surface area (Å²) in [6.07, 6.45) is 3.21. The van der Waals surface area contributed by atoms with E-state index in [-0.39, 0.29) is 12.5 Å². The lowest BCUT2D eigenvalue weighted by Gasteiger charge is -2.30. The van der Waals surface area contributed by atoms with Gasteiger partial charge in [-0.3, -0.25) is 4.79 Å². The number of carbonyl (C=O) groups is 1. The highest BCUT2D eigenvalue weighted by molar-refractivity contribution is 5.67. The van der Waals surface area contributed by atoms with Crippen LogP contribution in [0.2, 0.25) is 0 Å². The van der Waals surface area contributed by atoms with E-state index < -0.39 is 5.97 Å². The predicted octanol–water partition coefficient (Wildman–Crippen LogP) is 2.18. The van der Waals surface area contributed by atoms with Crippen LogP contribution in [-0.2, 0) is 11.2 Å². The number of hydrogen-bond donors (Lipinski definition) is 1. The fourth-order valence-electron chi connectivity index (χ4n) is 2.43. The molecule has 1 fully saturated rings. The van der Waals surface area contributed by atoms with Crippen molar-refractivity contribution in [1.82, 2.24) is 4.90 Å². The highest BCUT2D eigenvalue weighted by atomic mass is 16.5. The zero-order valence-corrected chi connectivity index (χ0v) is 11.3. The molecule has 1 aromatic carbocycles. The molecule has 0 aliphatic carbocycles. The Hall–Kier alpha value is -1.55. The third-order valence-electron chi connectivity index (χ3n) is 3.41. The van der Waals surface area contributed by atoms with E-state index in [1.54, 1.807) is 0 Å². The van der Waals surface area contributed by atoms with E-state index in [0.29, 0.717) is 6.42 Å². The number of ether oxygens (including phenoxy) is 1. The van der Waals surface area contributed by atoms with Gasteiger partial charge < -0.3 is 14.7 Å². The topological polar surface area (TPSA) is 49.8 Å². The van der Waals surface area contributed by atoms with Crippen LogP contribution in [0.15, 0.2) is 24.3 Å². The monoisotopic (exact) mass is 263 g/mol. The summed E-state index contributed by atoms with van der Waals surface area (Å²) in [5.41, 5.74) is 1.02. The summed E-state index contributed by atoms with van der Waals surface area (Å²) in [6, 6.07) is 7.78. The first kappa shape index (κ1) is 13.9. The lowest BCUT2D eigenvalue weighted by molar-refractivity contribution is -0.136. The number of likely N-dealkylation sites (tertiary alicyclic amines) is 1. The van der Waals surface area contributed by atoms with Crippen LogP contribution in [0.5, 0.6) is 5.75 Å². The minimum absolute atomic E-state index is 0.162. The van der Waals surface area contributed by atoms with Gasteiger partial charge >= 0.3 is 5.97 Å². The number of aliphatic carboxylic acids is 1. The van der Waals surface area contributed by atoms with Crippen molar-refractivity contribution < 1.29 is 14.6 Å². The van der Waals surface area contributed by atoms with Gasteiger partial charge in [0.05, 0.1) is 0 Å². The molecule has 0 radical (unpaired) electrons. The van der Waals surface area contributed by atoms with Crippen LogP contribution in [0.1, 0.15) is 24.8 Å². The molecule has 1 aliphatic heterocycles. The maximum Gasteiger partial charge on any atom is 0.303 e. The van der Waals surface area contributed by atoms with Gasteiger partial charge in [-0.25, -0.2) is 0 Å². The van der Waals surface area contributed by atoms with Gasteiger partial charge in [0.2, 0.25) is 0 Å². The van der Waals surface area contributed by atoms with Crippen LogP contribution in [0.4, 0.5) is 0 Å². The smallest absolute Gasteiger partial charge is 0.303 e. The summed E-state index contributed by atoms with van der Waals surface area (Å²) in [5, 5.41) is 8.70. The summed E-state index contributed by atoms with van der Waals surface area (Å²) >= 11 is 0. The normalized spacial score (nSPS) is 20.2. The van der Waals surface area contributed by atoms with E-state index in [2.05, 4.69) is 11.9 Å². The molecule has 1 aromatic rings. The van der Waals surface area contributed by atoms with Crippen molar-refractivity contribution in [3.63, 3.8) is 0 Å². The van der Waals surface area contributed by atoms with Crippen molar-refractivity contribution in [1.29, 1.82) is 0 Å². The van der Waals surface area contributed by atoms with Crippen LogP contribution >= 0.6 is 0 Å². The van der Waals surface area contributed by atoms with Crippen molar-refractivity contribution >= 4 is 5.97 Å². The van der Waals surface area contributed by atoms with Gasteiger partial charge in [0, 0.05) is 13.0 Å². The molecule has 1 saturated heterocycles. The number of hydrogen-bond acceptors (Lipinski definition) is 3. The number of carboxylic acid groups (broad SMARTS) is 1. The number of piperidine rings is 1. The second kappa shape index (κ2) is 6.57. The molecule has 4 nitrogen and oxygen atoms in total. The first-order valence-electron chi connectivity index (χ1n) is 6.79. The fraction of sp³-hybridized carbons (Fsp3) is 0.533. The van der Waals surface area contributed by atoms with E-state index in [4.69, 9.17) is 9.84 Å². The number of aryl methyl sites for hydroxylation is 1. The lowest BCUT2D eigenvalue weighted by Crippen LogP contribution is -2.38. The van der Waals surface area contributed by atoms with Crippen LogP contribution in [0.3, 0.4) is 0 Å². The average molecular weight is 263 g/mol. The highest BCUT2D eigenvalue weighted by Gasteiger charge is 2.18. The summed E-state index contributed by atoms with van der Waals surface area (Å²) in [4.78, 5) is 12.9. The third-order valence-corrected chi connectivity index (χ3v) is 3.41. The predicted molar refractivity (Wildman–Crippen MR) is 73.5 cm³/mol. The van der Waals surface area contributed by atoms with Crippen LogP contribution in [0.25, 0.3) is 0 Å². The van der Waals surface area contributed by atoms with Crippen molar-refractivity contribution in [2.75, 3.05) is 20.1 Å². The van der Waals surface area contributed by atoms with Gasteiger partial charge in [0.1, 0.15) is 11.9 Å². The Labute approximate surface area is 114 Å². The Kier molecular flexibility index (Phi) is 4.80. The molecular formula is C15H21NO3. The highest BCUT2D eigenvalue weighted by Crippen LogP contribution is 2.19. The van der Waals surface area contributed by atoms with Crippen LogP contribution in [0, 0.1) is 0 Å². The maximum absolute atomic E-state index is 10.6. The molecule has 104 valence electrons. The zero-order valence-electron chi connectivity index (χ0n) is 11.3. The van der Waals surface area contributed by atoms with Crippen LogP contribution < -0.4 is 4.74 Å². The number of carboxylic acids is 1. The van der Waals surface area contributed by atoms with Crippen molar-refractivity contribution in [3.8, 4) is 5.75 Å². The number of benzene rings is 1. The molecule has 0 spiro atoms. The van der Waals surface area contributed by atoms with Crippen LogP contribution in [-0.4, -0.2) is 42.2 Å². The average Bonchev–Trinajstić information content (AvgIpc) is 2.37. The molecular weight excluding hydrogens is 242 g/mol. The molecule has 1 unspecified atom stereocenters. The first-order valence-corrected chi connectivity index (χ1v) is 6.79. The molecule has 0 amide bonds. The number of likely N-dealkylation sites (N-methyl/N-ethyl adjacent to an activating group) is 1. The number of rotatable bonds is 5. The van der Waals surface area contributed by atoms with E-state index in [0.717, 1.165) is 30.8 Å². The quantitative estimate of drug-likeness (QED) is 0.884. The zero-order chi connectivity index (χ0) is 13.7. The fourth-order valence-corrected chi connectivity index (χ4v) is 2.43.